The predicted octanol–water partition coefficient (Wildman–Crippen LogP) is 3.92. The molecule has 142 valence electrons. The molecule has 0 saturated carbocycles. The predicted molar refractivity (Wildman–Crippen MR) is 108 cm³/mol. The molecule has 3 aromatic rings. The summed E-state index contributed by atoms with van der Waals surface area (Å²) in [5, 5.41) is 2.90. The fraction of sp³-hybridized carbons (Fsp3) is 0.364. The molecule has 27 heavy (non-hydrogen) atoms. The number of hydrogen-bond donors (Lipinski definition) is 1. The first kappa shape index (κ1) is 19.0. The molecule has 1 aromatic heterocycles. The molecule has 5 nitrogen and oxygen atoms in total. The Hall–Kier alpha value is -2.82. The number of fused-ring (bicyclic) bond motifs is 1. The van der Waals surface area contributed by atoms with Gasteiger partial charge in [-0.15, -0.1) is 0 Å². The molecule has 1 amide bonds. The van der Waals surface area contributed by atoms with Crippen LogP contribution in [0.1, 0.15) is 32.8 Å². The van der Waals surface area contributed by atoms with Crippen molar-refractivity contribution in [2.24, 2.45) is 0 Å². The number of nitrogens with zero attached hydrogens (tertiary/aromatic N) is 2. The quantitative estimate of drug-likeness (QED) is 0.646. The van der Waals surface area contributed by atoms with Crippen molar-refractivity contribution < 1.29 is 9.53 Å². The smallest absolute Gasteiger partial charge is 0.221 e. The lowest BCUT2D eigenvalue weighted by Gasteiger charge is -2.19. The Kier molecular flexibility index (Phi) is 5.79. The minimum absolute atomic E-state index is 0.0134. The van der Waals surface area contributed by atoms with Crippen LogP contribution in [0.4, 0.5) is 0 Å². The molecule has 2 aromatic carbocycles. The molecular formula is C22H27N3O2. The number of rotatable bonds is 7. The second-order valence-corrected chi connectivity index (χ2v) is 7.65. The van der Waals surface area contributed by atoms with Crippen molar-refractivity contribution in [3.05, 3.63) is 60.4 Å². The van der Waals surface area contributed by atoms with Crippen LogP contribution < -0.4 is 10.1 Å². The SMILES string of the molecule is CC(C)(C)c1ccc(OCCNC(=O)CCn2cnc3ccccc32)cc1. The van der Waals surface area contributed by atoms with Gasteiger partial charge in [-0.3, -0.25) is 4.79 Å². The summed E-state index contributed by atoms with van der Waals surface area (Å²) < 4.78 is 7.70. The lowest BCUT2D eigenvalue weighted by molar-refractivity contribution is -0.121. The third-order valence-corrected chi connectivity index (χ3v) is 4.52. The average molecular weight is 365 g/mol. The van der Waals surface area contributed by atoms with Crippen LogP contribution in [0, 0.1) is 0 Å². The standard InChI is InChI=1S/C22H27N3O2/c1-22(2,3)17-8-10-18(11-9-17)27-15-13-23-21(26)12-14-25-16-24-19-6-4-5-7-20(19)25/h4-11,16H,12-15H2,1-3H3,(H,23,26). The van der Waals surface area contributed by atoms with Gasteiger partial charge in [0.2, 0.25) is 5.91 Å². The minimum Gasteiger partial charge on any atom is -0.492 e. The summed E-state index contributed by atoms with van der Waals surface area (Å²) in [4.78, 5) is 16.4. The third kappa shape index (κ3) is 5.09. The van der Waals surface area contributed by atoms with Crippen molar-refractivity contribution in [3.63, 3.8) is 0 Å². The van der Waals surface area contributed by atoms with Gasteiger partial charge in [0.15, 0.2) is 0 Å². The summed E-state index contributed by atoms with van der Waals surface area (Å²) in [5.41, 5.74) is 3.40. The Morgan fingerprint density at radius 1 is 1.11 bits per heavy atom. The molecule has 0 aliphatic rings. The number of aromatic nitrogens is 2. The molecule has 0 atom stereocenters. The van der Waals surface area contributed by atoms with Gasteiger partial charge in [0.05, 0.1) is 23.9 Å². The lowest BCUT2D eigenvalue weighted by atomic mass is 9.87. The second kappa shape index (κ2) is 8.25. The largest absolute Gasteiger partial charge is 0.492 e. The number of carbonyl (C=O) groups excluding carboxylic acids is 1. The molecule has 1 N–H and O–H groups in total. The zero-order chi connectivity index (χ0) is 19.3. The highest BCUT2D eigenvalue weighted by Crippen LogP contribution is 2.24. The Balaban J connectivity index is 1.38. The summed E-state index contributed by atoms with van der Waals surface area (Å²) in [6, 6.07) is 16.1. The van der Waals surface area contributed by atoms with E-state index in [4.69, 9.17) is 4.74 Å². The first-order valence-corrected chi connectivity index (χ1v) is 9.33. The van der Waals surface area contributed by atoms with Gasteiger partial charge in [0.25, 0.3) is 0 Å². The van der Waals surface area contributed by atoms with E-state index in [-0.39, 0.29) is 11.3 Å². The number of hydrogen-bond acceptors (Lipinski definition) is 3. The van der Waals surface area contributed by atoms with Crippen LogP contribution in [0.15, 0.2) is 54.9 Å². The Bertz CT molecular complexity index is 892. The van der Waals surface area contributed by atoms with Crippen molar-refractivity contribution in [2.75, 3.05) is 13.2 Å². The number of carbonyl (C=O) groups is 1. The van der Waals surface area contributed by atoms with E-state index in [2.05, 4.69) is 43.2 Å². The summed E-state index contributed by atoms with van der Waals surface area (Å²) >= 11 is 0. The zero-order valence-electron chi connectivity index (χ0n) is 16.2. The number of ether oxygens (including phenoxy) is 1. The topological polar surface area (TPSA) is 56.1 Å². The van der Waals surface area contributed by atoms with Crippen LogP contribution in [0.25, 0.3) is 11.0 Å². The number of para-hydroxylation sites is 2. The third-order valence-electron chi connectivity index (χ3n) is 4.52. The van der Waals surface area contributed by atoms with Crippen molar-refractivity contribution in [1.82, 2.24) is 14.9 Å². The van der Waals surface area contributed by atoms with E-state index in [1.54, 1.807) is 6.33 Å². The molecule has 1 heterocycles. The first-order valence-electron chi connectivity index (χ1n) is 9.33. The van der Waals surface area contributed by atoms with Crippen LogP contribution in [-0.4, -0.2) is 28.6 Å². The van der Waals surface area contributed by atoms with Gasteiger partial charge >= 0.3 is 0 Å². The van der Waals surface area contributed by atoms with E-state index >= 15 is 0 Å². The summed E-state index contributed by atoms with van der Waals surface area (Å²) in [7, 11) is 0. The maximum Gasteiger partial charge on any atom is 0.221 e. The minimum atomic E-state index is 0.0134. The summed E-state index contributed by atoms with van der Waals surface area (Å²) in [5.74, 6) is 0.835. The van der Waals surface area contributed by atoms with Crippen molar-refractivity contribution in [2.45, 2.75) is 39.2 Å². The van der Waals surface area contributed by atoms with Crippen LogP contribution in [0.3, 0.4) is 0 Å². The Morgan fingerprint density at radius 2 is 1.85 bits per heavy atom. The average Bonchev–Trinajstić information content (AvgIpc) is 3.06. The van der Waals surface area contributed by atoms with E-state index in [1.165, 1.54) is 5.56 Å². The Morgan fingerprint density at radius 3 is 2.59 bits per heavy atom. The van der Waals surface area contributed by atoms with Crippen molar-refractivity contribution in [1.29, 1.82) is 0 Å². The fourth-order valence-corrected chi connectivity index (χ4v) is 2.91. The van der Waals surface area contributed by atoms with Gasteiger partial charge in [0, 0.05) is 13.0 Å². The van der Waals surface area contributed by atoms with E-state index in [0.29, 0.717) is 26.1 Å². The van der Waals surface area contributed by atoms with Gasteiger partial charge in [-0.2, -0.15) is 0 Å². The molecule has 0 radical (unpaired) electrons. The number of nitrogens with one attached hydrogen (secondary N) is 1. The maximum absolute atomic E-state index is 12.0. The molecule has 5 heteroatoms. The summed E-state index contributed by atoms with van der Waals surface area (Å²) in [6.45, 7) is 8.11. The lowest BCUT2D eigenvalue weighted by Crippen LogP contribution is -2.28. The molecule has 3 rings (SSSR count). The molecule has 0 aliphatic heterocycles. The second-order valence-electron chi connectivity index (χ2n) is 7.65. The highest BCUT2D eigenvalue weighted by molar-refractivity contribution is 5.77. The molecule has 0 aliphatic carbocycles. The number of aryl methyl sites for hydroxylation is 1. The normalized spacial score (nSPS) is 11.5. The van der Waals surface area contributed by atoms with Gasteiger partial charge in [-0.1, -0.05) is 45.0 Å². The zero-order valence-corrected chi connectivity index (χ0v) is 16.2. The highest BCUT2D eigenvalue weighted by Gasteiger charge is 2.13. The Labute approximate surface area is 160 Å². The maximum atomic E-state index is 12.0. The van der Waals surface area contributed by atoms with Crippen LogP contribution in [-0.2, 0) is 16.8 Å². The molecule has 0 bridgehead atoms. The van der Waals surface area contributed by atoms with Crippen molar-refractivity contribution in [3.8, 4) is 5.75 Å². The highest BCUT2D eigenvalue weighted by atomic mass is 16.5. The van der Waals surface area contributed by atoms with Crippen LogP contribution >= 0.6 is 0 Å². The number of imidazole rings is 1. The first-order chi connectivity index (χ1) is 12.9. The van der Waals surface area contributed by atoms with Gasteiger partial charge < -0.3 is 14.6 Å². The number of amides is 1. The summed E-state index contributed by atoms with van der Waals surface area (Å²) in [6.07, 6.45) is 2.20. The van der Waals surface area contributed by atoms with Crippen LogP contribution in [0.2, 0.25) is 0 Å². The van der Waals surface area contributed by atoms with Crippen molar-refractivity contribution >= 4 is 16.9 Å². The molecule has 0 spiro atoms. The monoisotopic (exact) mass is 365 g/mol. The molecular weight excluding hydrogens is 338 g/mol. The fourth-order valence-electron chi connectivity index (χ4n) is 2.91. The molecule has 0 saturated heterocycles. The van der Waals surface area contributed by atoms with Gasteiger partial charge in [-0.05, 0) is 35.2 Å². The van der Waals surface area contributed by atoms with E-state index in [9.17, 15) is 4.79 Å². The van der Waals surface area contributed by atoms with Crippen LogP contribution in [0.5, 0.6) is 5.75 Å². The molecule has 0 unspecified atom stereocenters. The number of benzene rings is 2. The van der Waals surface area contributed by atoms with Gasteiger partial charge in [0.1, 0.15) is 12.4 Å². The van der Waals surface area contributed by atoms with E-state index in [0.717, 1.165) is 16.8 Å². The van der Waals surface area contributed by atoms with Gasteiger partial charge in [-0.25, -0.2) is 4.98 Å². The van der Waals surface area contributed by atoms with E-state index in [1.807, 2.05) is 41.0 Å². The van der Waals surface area contributed by atoms with E-state index < -0.39 is 0 Å². The molecule has 0 fully saturated rings.